The van der Waals surface area contributed by atoms with Crippen LogP contribution in [0.25, 0.3) is 32.8 Å². The molecule has 0 saturated heterocycles. The second-order valence-corrected chi connectivity index (χ2v) is 4.36. The molecular weight excluding hydrogens is 250 g/mol. The molecule has 0 N–H and O–H groups in total. The Balaban J connectivity index is 2.39. The minimum atomic E-state index is 0.297. The number of rotatable bonds is 0. The molecule has 4 aromatic rings. The zero-order valence-corrected chi connectivity index (χ0v) is 10.3. The zero-order valence-electron chi connectivity index (χ0n) is 10.3. The summed E-state index contributed by atoms with van der Waals surface area (Å²) in [5.74, 6) is 0. The first kappa shape index (κ1) is 10.8. The van der Waals surface area contributed by atoms with Gasteiger partial charge in [0.1, 0.15) is 11.6 Å². The summed E-state index contributed by atoms with van der Waals surface area (Å²) in [5.41, 5.74) is 3.31. The van der Waals surface area contributed by atoms with Gasteiger partial charge in [-0.3, -0.25) is 15.0 Å². The van der Waals surface area contributed by atoms with Gasteiger partial charge in [-0.25, -0.2) is 4.98 Å². The molecule has 0 aliphatic carbocycles. The molecule has 1 aromatic carbocycles. The van der Waals surface area contributed by atoms with Crippen LogP contribution in [0.2, 0.25) is 0 Å². The van der Waals surface area contributed by atoms with Crippen molar-refractivity contribution in [1.29, 1.82) is 5.26 Å². The molecule has 0 aliphatic rings. The maximum Gasteiger partial charge on any atom is 0.159 e. The van der Waals surface area contributed by atoms with Crippen LogP contribution in [0.5, 0.6) is 0 Å². The van der Waals surface area contributed by atoms with Crippen LogP contribution in [0.3, 0.4) is 0 Å². The lowest BCUT2D eigenvalue weighted by Gasteiger charge is -2.06. The lowest BCUT2D eigenvalue weighted by atomic mass is 10.1. The van der Waals surface area contributed by atoms with Crippen LogP contribution >= 0.6 is 0 Å². The Morgan fingerprint density at radius 3 is 2.05 bits per heavy atom. The Bertz CT molecular complexity index is 982. The van der Waals surface area contributed by atoms with Crippen LogP contribution in [-0.2, 0) is 0 Å². The molecule has 0 spiro atoms. The van der Waals surface area contributed by atoms with E-state index in [9.17, 15) is 0 Å². The van der Waals surface area contributed by atoms with Crippen LogP contribution < -0.4 is 0 Å². The quantitative estimate of drug-likeness (QED) is 0.452. The highest BCUT2D eigenvalue weighted by Crippen LogP contribution is 2.29. The van der Waals surface area contributed by atoms with Gasteiger partial charge in [-0.15, -0.1) is 0 Å². The van der Waals surface area contributed by atoms with E-state index >= 15 is 0 Å². The molecule has 0 unspecified atom stereocenters. The van der Waals surface area contributed by atoms with Gasteiger partial charge < -0.3 is 0 Å². The Hall–Kier alpha value is -3.13. The van der Waals surface area contributed by atoms with Crippen molar-refractivity contribution in [3.05, 3.63) is 48.5 Å². The van der Waals surface area contributed by atoms with Crippen molar-refractivity contribution in [3.8, 4) is 6.07 Å². The summed E-state index contributed by atoms with van der Waals surface area (Å²) in [4.78, 5) is 17.6. The number of fused-ring (bicyclic) bond motifs is 6. The van der Waals surface area contributed by atoms with Crippen molar-refractivity contribution in [2.45, 2.75) is 0 Å². The van der Waals surface area contributed by atoms with Gasteiger partial charge >= 0.3 is 0 Å². The second kappa shape index (κ2) is 3.93. The lowest BCUT2D eigenvalue weighted by molar-refractivity contribution is 1.25. The Kier molecular flexibility index (Phi) is 2.12. The molecule has 3 heterocycles. The van der Waals surface area contributed by atoms with Crippen LogP contribution in [0.4, 0.5) is 0 Å². The molecule has 0 radical (unpaired) electrons. The fourth-order valence-electron chi connectivity index (χ4n) is 2.40. The van der Waals surface area contributed by atoms with Crippen LogP contribution in [0, 0.1) is 11.3 Å². The molecule has 0 atom stereocenters. The molecule has 0 aliphatic heterocycles. The molecule has 0 saturated carbocycles. The molecule has 3 aromatic heterocycles. The molecule has 92 valence electrons. The predicted octanol–water partition coefficient (Wildman–Crippen LogP) is 2.60. The first-order chi connectivity index (χ1) is 9.88. The van der Waals surface area contributed by atoms with Gasteiger partial charge in [0.15, 0.2) is 5.69 Å². The highest BCUT2D eigenvalue weighted by Gasteiger charge is 2.12. The number of aromatic nitrogens is 4. The number of hydrogen-bond acceptors (Lipinski definition) is 5. The minimum Gasteiger partial charge on any atom is -0.254 e. The summed E-state index contributed by atoms with van der Waals surface area (Å²) < 4.78 is 0. The first-order valence-corrected chi connectivity index (χ1v) is 6.07. The maximum absolute atomic E-state index is 9.00. The van der Waals surface area contributed by atoms with E-state index < -0.39 is 0 Å². The summed E-state index contributed by atoms with van der Waals surface area (Å²) in [6, 6.07) is 9.59. The van der Waals surface area contributed by atoms with E-state index in [-0.39, 0.29) is 0 Å². The molecule has 5 nitrogen and oxygen atoms in total. The Labute approximate surface area is 113 Å². The van der Waals surface area contributed by atoms with Gasteiger partial charge in [0.25, 0.3) is 0 Å². The summed E-state index contributed by atoms with van der Waals surface area (Å²) in [7, 11) is 0. The van der Waals surface area contributed by atoms with Crippen LogP contribution in [0.15, 0.2) is 42.9 Å². The Morgan fingerprint density at radius 2 is 1.40 bits per heavy atom. The van der Waals surface area contributed by atoms with E-state index in [0.717, 1.165) is 27.3 Å². The third-order valence-corrected chi connectivity index (χ3v) is 3.24. The zero-order chi connectivity index (χ0) is 13.5. The van der Waals surface area contributed by atoms with Gasteiger partial charge in [0.05, 0.1) is 22.7 Å². The normalized spacial score (nSPS) is 10.9. The number of hydrogen-bond donors (Lipinski definition) is 0. The largest absolute Gasteiger partial charge is 0.254 e. The van der Waals surface area contributed by atoms with Crippen LogP contribution in [0.1, 0.15) is 5.69 Å². The SMILES string of the molecule is N#Cc1cnc2c3cccnc3c3ncccc3c2n1. The van der Waals surface area contributed by atoms with Gasteiger partial charge in [0.2, 0.25) is 0 Å². The van der Waals surface area contributed by atoms with Crippen molar-refractivity contribution >= 4 is 32.8 Å². The molecule has 0 fully saturated rings. The average Bonchev–Trinajstić information content (AvgIpc) is 2.54. The minimum absolute atomic E-state index is 0.297. The van der Waals surface area contributed by atoms with Gasteiger partial charge in [-0.05, 0) is 24.3 Å². The summed E-state index contributed by atoms with van der Waals surface area (Å²) in [6.45, 7) is 0. The molecular formula is C15H7N5. The lowest BCUT2D eigenvalue weighted by Crippen LogP contribution is -1.93. The highest BCUT2D eigenvalue weighted by atomic mass is 14.8. The monoisotopic (exact) mass is 257 g/mol. The number of nitriles is 1. The third-order valence-electron chi connectivity index (χ3n) is 3.24. The fourth-order valence-corrected chi connectivity index (χ4v) is 2.40. The molecule has 0 bridgehead atoms. The molecule has 0 amide bonds. The number of pyridine rings is 2. The summed E-state index contributed by atoms with van der Waals surface area (Å²) >= 11 is 0. The number of nitrogens with zero attached hydrogens (tertiary/aromatic N) is 5. The van der Waals surface area contributed by atoms with E-state index in [0.29, 0.717) is 11.2 Å². The van der Waals surface area contributed by atoms with Gasteiger partial charge in [-0.1, -0.05) is 0 Å². The standard InChI is InChI=1S/C15H7N5/c16-7-9-8-19-14-10-3-1-5-17-12(10)13-11(15(14)20-9)4-2-6-18-13/h1-6,8H. The third kappa shape index (κ3) is 1.36. The highest BCUT2D eigenvalue weighted by molar-refractivity contribution is 6.20. The predicted molar refractivity (Wildman–Crippen MR) is 74.9 cm³/mol. The fraction of sp³-hybridized carbons (Fsp3) is 0. The smallest absolute Gasteiger partial charge is 0.159 e. The van der Waals surface area contributed by atoms with E-state index in [1.54, 1.807) is 12.4 Å². The first-order valence-electron chi connectivity index (χ1n) is 6.07. The molecule has 5 heteroatoms. The van der Waals surface area contributed by atoms with Gasteiger partial charge in [0, 0.05) is 23.2 Å². The van der Waals surface area contributed by atoms with Crippen molar-refractivity contribution in [2.24, 2.45) is 0 Å². The Morgan fingerprint density at radius 1 is 0.800 bits per heavy atom. The van der Waals surface area contributed by atoms with Crippen molar-refractivity contribution in [2.75, 3.05) is 0 Å². The molecule has 20 heavy (non-hydrogen) atoms. The second-order valence-electron chi connectivity index (χ2n) is 4.36. The summed E-state index contributed by atoms with van der Waals surface area (Å²) in [5, 5.41) is 10.8. The van der Waals surface area contributed by atoms with Crippen molar-refractivity contribution < 1.29 is 0 Å². The van der Waals surface area contributed by atoms with E-state index in [2.05, 4.69) is 19.9 Å². The molecule has 4 rings (SSSR count). The van der Waals surface area contributed by atoms with Crippen molar-refractivity contribution in [1.82, 2.24) is 19.9 Å². The summed E-state index contributed by atoms with van der Waals surface area (Å²) in [6.07, 6.45) is 4.94. The number of benzene rings is 1. The topological polar surface area (TPSA) is 75.3 Å². The van der Waals surface area contributed by atoms with E-state index in [1.807, 2.05) is 30.3 Å². The van der Waals surface area contributed by atoms with Gasteiger partial charge in [-0.2, -0.15) is 5.26 Å². The van der Waals surface area contributed by atoms with E-state index in [4.69, 9.17) is 5.26 Å². The van der Waals surface area contributed by atoms with E-state index in [1.165, 1.54) is 6.20 Å². The maximum atomic E-state index is 9.00. The average molecular weight is 257 g/mol. The van der Waals surface area contributed by atoms with Crippen LogP contribution in [-0.4, -0.2) is 19.9 Å². The van der Waals surface area contributed by atoms with Crippen molar-refractivity contribution in [3.63, 3.8) is 0 Å².